The Labute approximate surface area is 401 Å². The number of Topliss-reactive ketones (excluding diaryl/α,β-unsaturated/α-hetero) is 2. The summed E-state index contributed by atoms with van der Waals surface area (Å²) in [5, 5.41) is 4.45. The molecule has 0 bridgehead atoms. The van der Waals surface area contributed by atoms with Gasteiger partial charge in [-0.05, 0) is 117 Å². The van der Waals surface area contributed by atoms with Gasteiger partial charge in [0.2, 0.25) is 5.91 Å². The van der Waals surface area contributed by atoms with E-state index in [1.807, 2.05) is 30.3 Å². The average Bonchev–Trinajstić information content (AvgIpc) is 3.71. The summed E-state index contributed by atoms with van der Waals surface area (Å²) in [6, 6.07) is 12.4. The van der Waals surface area contributed by atoms with E-state index in [0.717, 1.165) is 86.6 Å². The molecular weight excluding hydrogens is 864 g/mol. The predicted molar refractivity (Wildman–Crippen MR) is 258 cm³/mol. The number of ether oxygens (including phenoxy) is 3. The standard InChI is InChI=1S/C55H71FN4O8/c1-37-42-12-6-7-13-43(42)50(58-57-37)33-38-14-19-49(56)45(32-38)53(65)60-26-24-59(25-27-60)52(64)36-68-31-30-66-29-9-11-40(61)10-5-4-8-28-67-35-51(63)48-18-17-46-44-16-15-39-34-41(62)20-22-54(39,2)47(44)21-23-55(46,48)3/h6-7,12-14,19,32,34,44,46-48,57H,1,4-5,8-11,15-18,20-31,33,35-36H2,2-3H3/t44-,46-,47-,48+,54-,55-/m0/s1. The molecule has 1 saturated heterocycles. The highest BCUT2D eigenvalue weighted by Crippen LogP contribution is 2.66. The minimum absolute atomic E-state index is 0.00419. The maximum Gasteiger partial charge on any atom is 0.256 e. The molecule has 0 spiro atoms. The third-order valence-corrected chi connectivity index (χ3v) is 16.6. The van der Waals surface area contributed by atoms with Crippen LogP contribution in [0.15, 0.2) is 65.8 Å². The minimum Gasteiger partial charge on any atom is -0.379 e. The Kier molecular flexibility index (Phi) is 16.2. The number of carbonyl (C=O) groups excluding carboxylic acids is 5. The van der Waals surface area contributed by atoms with Crippen molar-refractivity contribution in [2.75, 3.05) is 65.8 Å². The van der Waals surface area contributed by atoms with E-state index in [2.05, 4.69) is 31.0 Å². The first-order valence-electron chi connectivity index (χ1n) is 25.3. The van der Waals surface area contributed by atoms with Crippen molar-refractivity contribution in [2.24, 2.45) is 39.6 Å². The van der Waals surface area contributed by atoms with Crippen molar-refractivity contribution < 1.29 is 42.6 Å². The Hall–Kier alpha value is -4.85. The Morgan fingerprint density at radius 1 is 0.794 bits per heavy atom. The van der Waals surface area contributed by atoms with Crippen LogP contribution in [0.25, 0.3) is 5.70 Å². The molecule has 0 aromatic heterocycles. The fraction of sp³-hybridized carbons (Fsp3) is 0.600. The number of amides is 2. The molecule has 366 valence electrons. The second-order valence-electron chi connectivity index (χ2n) is 20.6. The number of halogens is 1. The molecule has 3 saturated carbocycles. The molecule has 0 radical (unpaired) electrons. The zero-order valence-corrected chi connectivity index (χ0v) is 40.3. The molecule has 1 N–H and O–H groups in total. The Morgan fingerprint density at radius 2 is 1.53 bits per heavy atom. The van der Waals surface area contributed by atoms with E-state index in [4.69, 9.17) is 14.2 Å². The van der Waals surface area contributed by atoms with E-state index in [9.17, 15) is 28.4 Å². The van der Waals surface area contributed by atoms with Gasteiger partial charge in [-0.1, -0.05) is 62.8 Å². The number of fused-ring (bicyclic) bond motifs is 6. The molecule has 0 unspecified atom stereocenters. The van der Waals surface area contributed by atoms with Gasteiger partial charge < -0.3 is 24.0 Å². The number of rotatable bonds is 21. The summed E-state index contributed by atoms with van der Waals surface area (Å²) in [5.41, 5.74) is 8.66. The fourth-order valence-corrected chi connectivity index (χ4v) is 12.8. The first-order chi connectivity index (χ1) is 32.9. The first-order valence-corrected chi connectivity index (χ1v) is 25.3. The van der Waals surface area contributed by atoms with Crippen LogP contribution in [0.5, 0.6) is 0 Å². The van der Waals surface area contributed by atoms with Crippen LogP contribution in [0.3, 0.4) is 0 Å². The van der Waals surface area contributed by atoms with Gasteiger partial charge in [0.1, 0.15) is 24.8 Å². The van der Waals surface area contributed by atoms with Crippen molar-refractivity contribution in [1.29, 1.82) is 0 Å². The fourth-order valence-electron chi connectivity index (χ4n) is 12.8. The normalized spacial score (nSPS) is 26.5. The molecule has 6 aliphatic rings. The van der Waals surface area contributed by atoms with E-state index in [0.29, 0.717) is 94.2 Å². The molecule has 2 heterocycles. The number of carbonyl (C=O) groups is 5. The van der Waals surface area contributed by atoms with Gasteiger partial charge in [-0.15, -0.1) is 0 Å². The van der Waals surface area contributed by atoms with Crippen LogP contribution >= 0.6 is 0 Å². The number of benzene rings is 2. The van der Waals surface area contributed by atoms with Gasteiger partial charge in [0.05, 0.1) is 30.2 Å². The second-order valence-corrected chi connectivity index (χ2v) is 20.6. The van der Waals surface area contributed by atoms with Gasteiger partial charge >= 0.3 is 0 Å². The molecule has 2 aromatic rings. The Morgan fingerprint density at radius 3 is 2.35 bits per heavy atom. The van der Waals surface area contributed by atoms with Crippen LogP contribution < -0.4 is 5.43 Å². The van der Waals surface area contributed by atoms with E-state index in [-0.39, 0.29) is 72.7 Å². The molecule has 4 aliphatic carbocycles. The largest absolute Gasteiger partial charge is 0.379 e. The Bertz CT molecular complexity index is 2290. The van der Waals surface area contributed by atoms with Crippen LogP contribution in [0.2, 0.25) is 0 Å². The highest BCUT2D eigenvalue weighted by Gasteiger charge is 2.60. The van der Waals surface area contributed by atoms with E-state index < -0.39 is 11.7 Å². The van der Waals surface area contributed by atoms with Gasteiger partial charge in [0.15, 0.2) is 11.6 Å². The summed E-state index contributed by atoms with van der Waals surface area (Å²) in [4.78, 5) is 67.7. The molecule has 2 amide bonds. The van der Waals surface area contributed by atoms with Crippen molar-refractivity contribution in [3.63, 3.8) is 0 Å². The number of allylic oxidation sites excluding steroid dienone is 1. The lowest BCUT2D eigenvalue weighted by atomic mass is 9.46. The highest BCUT2D eigenvalue weighted by molar-refractivity contribution is 6.07. The van der Waals surface area contributed by atoms with Crippen LogP contribution in [-0.2, 0) is 39.8 Å². The third kappa shape index (κ3) is 11.1. The number of nitrogens with zero attached hydrogens (tertiary/aromatic N) is 3. The molecule has 12 nitrogen and oxygen atoms in total. The van der Waals surface area contributed by atoms with Gasteiger partial charge in [0, 0.05) is 82.1 Å². The number of nitrogens with one attached hydrogen (secondary N) is 1. The predicted octanol–water partition coefficient (Wildman–Crippen LogP) is 8.31. The topological polar surface area (TPSA) is 144 Å². The number of unbranched alkanes of at least 4 members (excludes halogenated alkanes) is 2. The van der Waals surface area contributed by atoms with Crippen molar-refractivity contribution >= 4 is 40.6 Å². The molecule has 68 heavy (non-hydrogen) atoms. The molecule has 2 aliphatic heterocycles. The maximum atomic E-state index is 15.0. The van der Waals surface area contributed by atoms with Gasteiger partial charge in [0.25, 0.3) is 5.91 Å². The summed E-state index contributed by atoms with van der Waals surface area (Å²) < 4.78 is 32.1. The lowest BCUT2D eigenvalue weighted by Gasteiger charge is -2.58. The van der Waals surface area contributed by atoms with Crippen LogP contribution in [0.4, 0.5) is 4.39 Å². The van der Waals surface area contributed by atoms with Crippen molar-refractivity contribution in [3.05, 3.63) is 88.8 Å². The Balaban J connectivity index is 0.628. The summed E-state index contributed by atoms with van der Waals surface area (Å²) >= 11 is 0. The summed E-state index contributed by atoms with van der Waals surface area (Å²) in [6.07, 6.45) is 14.7. The number of piperazine rings is 1. The molecule has 6 atom stereocenters. The molecule has 4 fully saturated rings. The minimum atomic E-state index is -0.591. The van der Waals surface area contributed by atoms with Gasteiger partial charge in [-0.3, -0.25) is 29.4 Å². The zero-order valence-electron chi connectivity index (χ0n) is 40.3. The summed E-state index contributed by atoms with van der Waals surface area (Å²) in [7, 11) is 0. The maximum absolute atomic E-state index is 15.0. The highest BCUT2D eigenvalue weighted by atomic mass is 19.1. The average molecular weight is 935 g/mol. The number of ketones is 3. The molecular formula is C55H71FN4O8. The third-order valence-electron chi connectivity index (χ3n) is 16.6. The number of hydrazone groups is 1. The van der Waals surface area contributed by atoms with Crippen molar-refractivity contribution in [1.82, 2.24) is 15.2 Å². The summed E-state index contributed by atoms with van der Waals surface area (Å²) in [6.45, 7) is 11.6. The van der Waals surface area contributed by atoms with Crippen molar-refractivity contribution in [3.8, 4) is 0 Å². The van der Waals surface area contributed by atoms with Gasteiger partial charge in [-0.2, -0.15) is 5.10 Å². The monoisotopic (exact) mass is 935 g/mol. The smallest absolute Gasteiger partial charge is 0.256 e. The SMILES string of the molecule is C=C1NN=C(Cc2ccc(F)c(C(=O)N3CCN(C(=O)COCCOCCCC(=O)CCCCCOCC(=O)[C@H]4CC[C@H]5[C@@H]6CCC7=CC(=O)CC[C@]7(C)[C@H]6CC[C@]45C)CC3)c2)c2ccccc21. The zero-order chi connectivity index (χ0) is 47.8. The number of hydrogen-bond donors (Lipinski definition) is 1. The van der Waals surface area contributed by atoms with E-state index in [1.165, 1.54) is 11.6 Å². The second kappa shape index (κ2) is 22.3. The lowest BCUT2D eigenvalue weighted by Crippen LogP contribution is -2.51. The number of hydrogen-bond acceptors (Lipinski definition) is 10. The molecule has 8 rings (SSSR count). The van der Waals surface area contributed by atoms with Crippen LogP contribution in [-0.4, -0.2) is 110 Å². The molecule has 2 aromatic carbocycles. The quantitative estimate of drug-likeness (QED) is 0.122. The van der Waals surface area contributed by atoms with E-state index >= 15 is 0 Å². The first kappa shape index (κ1) is 49.6. The van der Waals surface area contributed by atoms with E-state index in [1.54, 1.807) is 21.9 Å². The summed E-state index contributed by atoms with van der Waals surface area (Å²) in [5.74, 6) is 1.51. The lowest BCUT2D eigenvalue weighted by molar-refractivity contribution is -0.138. The van der Waals surface area contributed by atoms with Gasteiger partial charge in [-0.25, -0.2) is 4.39 Å². The van der Waals surface area contributed by atoms with Crippen molar-refractivity contribution in [2.45, 2.75) is 110 Å². The molecule has 13 heteroatoms. The van der Waals surface area contributed by atoms with Crippen LogP contribution in [0.1, 0.15) is 131 Å². The van der Waals surface area contributed by atoms with Crippen LogP contribution in [0, 0.1) is 40.3 Å².